The number of sulfonamides is 1. The van der Waals surface area contributed by atoms with Crippen LogP contribution in [-0.2, 0) is 32.6 Å². The third-order valence-corrected chi connectivity index (χ3v) is 9.96. The quantitative estimate of drug-likeness (QED) is 0.182. The Hall–Kier alpha value is -4.42. The van der Waals surface area contributed by atoms with Crippen molar-refractivity contribution in [3.63, 3.8) is 0 Å². The summed E-state index contributed by atoms with van der Waals surface area (Å²) in [5.41, 5.74) is 1.63. The number of halogens is 2. The van der Waals surface area contributed by atoms with Crippen molar-refractivity contribution < 1.29 is 31.9 Å². The van der Waals surface area contributed by atoms with Gasteiger partial charge in [-0.3, -0.25) is 13.9 Å². The summed E-state index contributed by atoms with van der Waals surface area (Å²) in [5, 5.41) is 2.97. The second kappa shape index (κ2) is 15.7. The van der Waals surface area contributed by atoms with Gasteiger partial charge in [0.1, 0.15) is 31.6 Å². The minimum absolute atomic E-state index is 0.0200. The van der Waals surface area contributed by atoms with Crippen LogP contribution in [0, 0.1) is 11.7 Å². The predicted molar refractivity (Wildman–Crippen MR) is 185 cm³/mol. The Morgan fingerprint density at radius 2 is 1.56 bits per heavy atom. The smallest absolute Gasteiger partial charge is 0.264 e. The van der Waals surface area contributed by atoms with E-state index < -0.39 is 34.3 Å². The van der Waals surface area contributed by atoms with Crippen LogP contribution >= 0.6 is 15.9 Å². The molecule has 1 heterocycles. The van der Waals surface area contributed by atoms with Crippen LogP contribution in [0.3, 0.4) is 0 Å². The molecule has 0 aromatic heterocycles. The number of rotatable bonds is 13. The average Bonchev–Trinajstić information content (AvgIpc) is 3.08. The minimum atomic E-state index is -4.42. The number of carbonyl (C=O) groups excluding carboxylic acids is 2. The molecule has 1 N–H and O–H groups in total. The first kappa shape index (κ1) is 34.9. The summed E-state index contributed by atoms with van der Waals surface area (Å²) >= 11 is 3.48. The fourth-order valence-corrected chi connectivity index (χ4v) is 7.13. The van der Waals surface area contributed by atoms with Crippen molar-refractivity contribution >= 4 is 43.5 Å². The SMILES string of the molecule is CC(C)CNC(=O)[C@@H](Cc1ccccc1)N(Cc1cccc(Br)c1)C(=O)CN(c1ccc(F)cc1)S(=O)(=O)c1ccc2c(c1)OCCO2. The molecular formula is C36H37BrFN3O6S. The van der Waals surface area contributed by atoms with Gasteiger partial charge < -0.3 is 19.7 Å². The van der Waals surface area contributed by atoms with Gasteiger partial charge in [-0.15, -0.1) is 0 Å². The van der Waals surface area contributed by atoms with Crippen molar-refractivity contribution in [2.75, 3.05) is 30.6 Å². The first-order valence-corrected chi connectivity index (χ1v) is 17.8. The standard InChI is InChI=1S/C36H37BrFN3O6S/c1-25(2)22-39-36(43)32(20-26-7-4-3-5-8-26)40(23-27-9-6-10-28(37)19-27)35(42)24-41(30-13-11-29(38)12-14-30)48(44,45)31-15-16-33-34(21-31)47-18-17-46-33/h3-16,19,21,25,32H,17-18,20,22-24H2,1-2H3,(H,39,43)/t32-/m1/s1. The van der Waals surface area contributed by atoms with Gasteiger partial charge in [0.25, 0.3) is 10.0 Å². The van der Waals surface area contributed by atoms with Gasteiger partial charge in [0.2, 0.25) is 11.8 Å². The van der Waals surface area contributed by atoms with Gasteiger partial charge in [0.05, 0.1) is 10.6 Å². The molecule has 0 saturated heterocycles. The largest absolute Gasteiger partial charge is 0.486 e. The lowest BCUT2D eigenvalue weighted by Gasteiger charge is -2.34. The highest BCUT2D eigenvalue weighted by molar-refractivity contribution is 9.10. The van der Waals surface area contributed by atoms with E-state index in [0.29, 0.717) is 18.9 Å². The van der Waals surface area contributed by atoms with Crippen molar-refractivity contribution in [3.8, 4) is 11.5 Å². The molecule has 9 nitrogen and oxygen atoms in total. The highest BCUT2D eigenvalue weighted by Gasteiger charge is 2.35. The number of nitrogens with one attached hydrogen (secondary N) is 1. The fraction of sp³-hybridized carbons (Fsp3) is 0.278. The van der Waals surface area contributed by atoms with Gasteiger partial charge in [0, 0.05) is 30.0 Å². The lowest BCUT2D eigenvalue weighted by atomic mass is 10.0. The Bertz CT molecular complexity index is 1840. The van der Waals surface area contributed by atoms with Crippen LogP contribution in [0.2, 0.25) is 0 Å². The Morgan fingerprint density at radius 3 is 2.25 bits per heavy atom. The van der Waals surface area contributed by atoms with Crippen LogP contribution in [0.1, 0.15) is 25.0 Å². The highest BCUT2D eigenvalue weighted by atomic mass is 79.9. The number of anilines is 1. The third kappa shape index (κ3) is 8.73. The molecule has 0 fully saturated rings. The molecule has 5 rings (SSSR count). The molecule has 12 heteroatoms. The van der Waals surface area contributed by atoms with Gasteiger partial charge in [-0.05, 0) is 65.6 Å². The van der Waals surface area contributed by atoms with Gasteiger partial charge >= 0.3 is 0 Å². The molecule has 4 aromatic carbocycles. The number of carbonyl (C=O) groups is 2. The summed E-state index contributed by atoms with van der Waals surface area (Å²) in [6, 6.07) is 24.8. The van der Waals surface area contributed by atoms with E-state index in [1.807, 2.05) is 68.4 Å². The van der Waals surface area contributed by atoms with Crippen molar-refractivity contribution in [2.24, 2.45) is 5.92 Å². The number of fused-ring (bicyclic) bond motifs is 1. The molecule has 1 atom stereocenters. The van der Waals surface area contributed by atoms with E-state index in [4.69, 9.17) is 9.47 Å². The molecule has 0 radical (unpaired) electrons. The fourth-order valence-electron chi connectivity index (χ4n) is 5.26. The Balaban J connectivity index is 1.57. The lowest BCUT2D eigenvalue weighted by molar-refractivity contribution is -0.140. The molecular weight excluding hydrogens is 701 g/mol. The topological polar surface area (TPSA) is 105 Å². The predicted octanol–water partition coefficient (Wildman–Crippen LogP) is 5.97. The molecule has 1 aliphatic heterocycles. The first-order valence-electron chi connectivity index (χ1n) is 15.5. The number of amides is 2. The Labute approximate surface area is 288 Å². The average molecular weight is 739 g/mol. The summed E-state index contributed by atoms with van der Waals surface area (Å²) in [4.78, 5) is 29.7. The monoisotopic (exact) mass is 737 g/mol. The minimum Gasteiger partial charge on any atom is -0.486 e. The molecule has 48 heavy (non-hydrogen) atoms. The first-order chi connectivity index (χ1) is 23.0. The number of benzene rings is 4. The number of nitrogens with zero attached hydrogens (tertiary/aromatic N) is 2. The lowest BCUT2D eigenvalue weighted by Crippen LogP contribution is -2.53. The maximum Gasteiger partial charge on any atom is 0.264 e. The van der Waals surface area contributed by atoms with Crippen LogP contribution in [0.15, 0.2) is 106 Å². The molecule has 0 unspecified atom stereocenters. The zero-order chi connectivity index (χ0) is 34.3. The summed E-state index contributed by atoms with van der Waals surface area (Å²) in [7, 11) is -4.42. The normalized spacial score (nSPS) is 13.1. The van der Waals surface area contributed by atoms with Gasteiger partial charge in [-0.25, -0.2) is 12.8 Å². The van der Waals surface area contributed by atoms with E-state index in [1.165, 1.54) is 35.2 Å². The van der Waals surface area contributed by atoms with Gasteiger partial charge in [0.15, 0.2) is 11.5 Å². The van der Waals surface area contributed by atoms with Gasteiger partial charge in [-0.1, -0.05) is 72.2 Å². The molecule has 0 saturated carbocycles. The molecule has 2 amide bonds. The van der Waals surface area contributed by atoms with Crippen LogP contribution in [-0.4, -0.2) is 57.5 Å². The number of hydrogen-bond donors (Lipinski definition) is 1. The molecule has 4 aromatic rings. The Kier molecular flexibility index (Phi) is 11.4. The van der Waals surface area contributed by atoms with Crippen molar-refractivity contribution in [1.82, 2.24) is 10.2 Å². The molecule has 252 valence electrons. The third-order valence-electron chi connectivity index (χ3n) is 7.69. The second-order valence-corrected chi connectivity index (χ2v) is 14.6. The second-order valence-electron chi connectivity index (χ2n) is 11.8. The van der Waals surface area contributed by atoms with E-state index in [2.05, 4.69) is 21.2 Å². The van der Waals surface area contributed by atoms with E-state index in [-0.39, 0.29) is 47.7 Å². The highest BCUT2D eigenvalue weighted by Crippen LogP contribution is 2.34. The van der Waals surface area contributed by atoms with E-state index >= 15 is 0 Å². The molecule has 1 aliphatic rings. The molecule has 0 spiro atoms. The van der Waals surface area contributed by atoms with E-state index in [9.17, 15) is 22.4 Å². The van der Waals surface area contributed by atoms with E-state index in [0.717, 1.165) is 32.0 Å². The number of hydrogen-bond acceptors (Lipinski definition) is 6. The maximum atomic E-state index is 14.6. The zero-order valence-electron chi connectivity index (χ0n) is 26.6. The number of ether oxygens (including phenoxy) is 2. The van der Waals surface area contributed by atoms with E-state index in [1.54, 1.807) is 0 Å². The molecule has 0 bridgehead atoms. The van der Waals surface area contributed by atoms with Crippen molar-refractivity contribution in [2.45, 2.75) is 37.8 Å². The summed E-state index contributed by atoms with van der Waals surface area (Å²) in [5.74, 6) is -0.733. The maximum absolute atomic E-state index is 14.6. The zero-order valence-corrected chi connectivity index (χ0v) is 29.0. The van der Waals surface area contributed by atoms with Crippen LogP contribution < -0.4 is 19.1 Å². The van der Waals surface area contributed by atoms with Crippen molar-refractivity contribution in [1.29, 1.82) is 0 Å². The summed E-state index contributed by atoms with van der Waals surface area (Å²) in [6.07, 6.45) is 0.190. The summed E-state index contributed by atoms with van der Waals surface area (Å²) < 4.78 is 55.6. The van der Waals surface area contributed by atoms with Crippen LogP contribution in [0.4, 0.5) is 10.1 Å². The molecule has 0 aliphatic carbocycles. The van der Waals surface area contributed by atoms with Crippen molar-refractivity contribution in [3.05, 3.63) is 118 Å². The summed E-state index contributed by atoms with van der Waals surface area (Å²) in [6.45, 7) is 4.27. The van der Waals surface area contributed by atoms with Crippen LogP contribution in [0.25, 0.3) is 0 Å². The van der Waals surface area contributed by atoms with Gasteiger partial charge in [-0.2, -0.15) is 0 Å². The van der Waals surface area contributed by atoms with Crippen LogP contribution in [0.5, 0.6) is 11.5 Å². The Morgan fingerprint density at radius 1 is 0.875 bits per heavy atom.